The van der Waals surface area contributed by atoms with E-state index in [1.54, 1.807) is 6.07 Å². The van der Waals surface area contributed by atoms with Crippen molar-refractivity contribution in [2.24, 2.45) is 5.92 Å². The molecular formula is C26H30N2O5. The molecule has 33 heavy (non-hydrogen) atoms. The van der Waals surface area contributed by atoms with E-state index in [-0.39, 0.29) is 12.3 Å². The molecule has 0 radical (unpaired) electrons. The van der Waals surface area contributed by atoms with E-state index < -0.39 is 0 Å². The number of carbonyl (C=O) groups is 1. The van der Waals surface area contributed by atoms with E-state index >= 15 is 0 Å². The summed E-state index contributed by atoms with van der Waals surface area (Å²) in [4.78, 5) is 12.1. The average molecular weight is 451 g/mol. The number of carbonyl (C=O) groups excluding carboxylic acids is 1. The molecule has 7 nitrogen and oxygen atoms in total. The fraction of sp³-hybridized carbons (Fsp3) is 0.385. The van der Waals surface area contributed by atoms with Crippen LogP contribution in [0.15, 0.2) is 65.2 Å². The van der Waals surface area contributed by atoms with Crippen LogP contribution in [0.1, 0.15) is 34.6 Å². The zero-order chi connectivity index (χ0) is 22.7. The smallest absolute Gasteiger partial charge is 0.226 e. The van der Waals surface area contributed by atoms with Crippen LogP contribution in [0.4, 0.5) is 0 Å². The van der Waals surface area contributed by atoms with E-state index in [9.17, 15) is 4.79 Å². The lowest BCUT2D eigenvalue weighted by atomic mass is 10.1. The van der Waals surface area contributed by atoms with Gasteiger partial charge in [-0.2, -0.15) is 0 Å². The number of nitrogens with one attached hydrogen (secondary N) is 1. The summed E-state index contributed by atoms with van der Waals surface area (Å²) >= 11 is 0. The maximum absolute atomic E-state index is 12.1. The molecule has 1 aliphatic heterocycles. The molecule has 1 unspecified atom stereocenters. The van der Waals surface area contributed by atoms with Gasteiger partial charge in [0.2, 0.25) is 5.91 Å². The van der Waals surface area contributed by atoms with Crippen LogP contribution in [0.3, 0.4) is 0 Å². The number of rotatable bonds is 12. The van der Waals surface area contributed by atoms with Crippen molar-refractivity contribution in [2.75, 3.05) is 19.8 Å². The summed E-state index contributed by atoms with van der Waals surface area (Å²) in [6, 6.07) is 20.0. The first-order chi connectivity index (χ1) is 16.2. The first kappa shape index (κ1) is 23.2. The molecule has 7 heteroatoms. The van der Waals surface area contributed by atoms with Crippen molar-refractivity contribution >= 4 is 5.91 Å². The van der Waals surface area contributed by atoms with Crippen molar-refractivity contribution in [1.82, 2.24) is 10.5 Å². The van der Waals surface area contributed by atoms with Crippen molar-refractivity contribution in [3.8, 4) is 0 Å². The van der Waals surface area contributed by atoms with Crippen LogP contribution in [-0.2, 0) is 51.9 Å². The normalized spacial score (nSPS) is 15.6. The van der Waals surface area contributed by atoms with E-state index in [4.69, 9.17) is 18.7 Å². The quantitative estimate of drug-likeness (QED) is 0.452. The van der Waals surface area contributed by atoms with E-state index in [0.29, 0.717) is 50.3 Å². The molecule has 3 aromatic rings. The summed E-state index contributed by atoms with van der Waals surface area (Å²) in [5, 5.41) is 6.91. The molecule has 0 spiro atoms. The highest BCUT2D eigenvalue weighted by molar-refractivity contribution is 5.78. The number of ether oxygens (including phenoxy) is 3. The van der Waals surface area contributed by atoms with Gasteiger partial charge in [-0.15, -0.1) is 0 Å². The summed E-state index contributed by atoms with van der Waals surface area (Å²) in [7, 11) is 0. The Hall–Kier alpha value is -3.00. The zero-order valence-electron chi connectivity index (χ0n) is 18.7. The third-order valence-electron chi connectivity index (χ3n) is 5.45. The molecule has 0 bridgehead atoms. The van der Waals surface area contributed by atoms with Gasteiger partial charge in [0.1, 0.15) is 6.61 Å². The summed E-state index contributed by atoms with van der Waals surface area (Å²) in [6.45, 7) is 4.01. The minimum Gasteiger partial charge on any atom is -0.381 e. The van der Waals surface area contributed by atoms with E-state index in [2.05, 4.69) is 28.7 Å². The van der Waals surface area contributed by atoms with E-state index in [1.807, 2.05) is 36.4 Å². The second-order valence-electron chi connectivity index (χ2n) is 8.29. The Kier molecular flexibility index (Phi) is 8.63. The minimum atomic E-state index is -0.0611. The van der Waals surface area contributed by atoms with Gasteiger partial charge in [-0.1, -0.05) is 59.8 Å². The van der Waals surface area contributed by atoms with Gasteiger partial charge in [0.15, 0.2) is 5.76 Å². The molecule has 1 amide bonds. The molecule has 1 N–H and O–H groups in total. The number of hydrogen-bond acceptors (Lipinski definition) is 6. The van der Waals surface area contributed by atoms with Crippen LogP contribution < -0.4 is 5.32 Å². The predicted molar refractivity (Wildman–Crippen MR) is 122 cm³/mol. The molecule has 2 heterocycles. The van der Waals surface area contributed by atoms with E-state index in [0.717, 1.165) is 36.3 Å². The van der Waals surface area contributed by atoms with Crippen LogP contribution in [0.25, 0.3) is 0 Å². The zero-order valence-corrected chi connectivity index (χ0v) is 18.7. The molecule has 0 aliphatic carbocycles. The first-order valence-electron chi connectivity index (χ1n) is 11.3. The van der Waals surface area contributed by atoms with Crippen LogP contribution in [0, 0.1) is 5.92 Å². The van der Waals surface area contributed by atoms with Gasteiger partial charge < -0.3 is 24.1 Å². The second kappa shape index (κ2) is 12.3. The Morgan fingerprint density at radius 3 is 2.42 bits per heavy atom. The van der Waals surface area contributed by atoms with Crippen molar-refractivity contribution in [3.63, 3.8) is 0 Å². The molecule has 0 saturated carbocycles. The summed E-state index contributed by atoms with van der Waals surface area (Å²) in [5.74, 6) is 0.947. The summed E-state index contributed by atoms with van der Waals surface area (Å²) in [5.41, 5.74) is 3.92. The van der Waals surface area contributed by atoms with Crippen molar-refractivity contribution in [2.45, 2.75) is 39.3 Å². The Morgan fingerprint density at radius 1 is 0.939 bits per heavy atom. The molecule has 1 aromatic heterocycles. The van der Waals surface area contributed by atoms with Crippen molar-refractivity contribution < 1.29 is 23.5 Å². The number of benzene rings is 2. The molecular weight excluding hydrogens is 420 g/mol. The highest BCUT2D eigenvalue weighted by atomic mass is 16.5. The van der Waals surface area contributed by atoms with Crippen molar-refractivity contribution in [1.29, 1.82) is 0 Å². The lowest BCUT2D eigenvalue weighted by Gasteiger charge is -2.08. The van der Waals surface area contributed by atoms with Gasteiger partial charge in [0, 0.05) is 25.1 Å². The molecule has 1 aliphatic rings. The van der Waals surface area contributed by atoms with Gasteiger partial charge in [-0.25, -0.2) is 0 Å². The van der Waals surface area contributed by atoms with Gasteiger partial charge in [-0.3, -0.25) is 4.79 Å². The molecule has 1 saturated heterocycles. The third-order valence-corrected chi connectivity index (χ3v) is 5.45. The van der Waals surface area contributed by atoms with Gasteiger partial charge in [-0.05, 0) is 23.1 Å². The van der Waals surface area contributed by atoms with Gasteiger partial charge in [0.05, 0.1) is 38.5 Å². The van der Waals surface area contributed by atoms with Crippen LogP contribution >= 0.6 is 0 Å². The number of hydrogen-bond donors (Lipinski definition) is 1. The highest BCUT2D eigenvalue weighted by Gasteiger charge is 2.17. The molecule has 174 valence electrons. The summed E-state index contributed by atoms with van der Waals surface area (Å²) < 4.78 is 22.2. The Morgan fingerprint density at radius 2 is 1.67 bits per heavy atom. The SMILES string of the molecule is O=C(Cc1cc(COCc2cccc(COCc3ccccc3)c2)on1)NCC1CCOC1. The number of nitrogens with zero attached hydrogens (tertiary/aromatic N) is 1. The highest BCUT2D eigenvalue weighted by Crippen LogP contribution is 2.13. The Labute approximate surface area is 194 Å². The fourth-order valence-corrected chi connectivity index (χ4v) is 3.68. The molecule has 1 atom stereocenters. The largest absolute Gasteiger partial charge is 0.381 e. The topological polar surface area (TPSA) is 82.8 Å². The first-order valence-corrected chi connectivity index (χ1v) is 11.3. The van der Waals surface area contributed by atoms with Gasteiger partial charge >= 0.3 is 0 Å². The predicted octanol–water partition coefficient (Wildman–Crippen LogP) is 3.80. The number of aromatic nitrogens is 1. The second-order valence-corrected chi connectivity index (χ2v) is 8.29. The number of amides is 1. The average Bonchev–Trinajstić information content (AvgIpc) is 3.51. The maximum atomic E-state index is 12.1. The van der Waals surface area contributed by atoms with Crippen LogP contribution in [-0.4, -0.2) is 30.8 Å². The van der Waals surface area contributed by atoms with Crippen molar-refractivity contribution in [3.05, 3.63) is 88.8 Å². The maximum Gasteiger partial charge on any atom is 0.226 e. The van der Waals surface area contributed by atoms with Crippen LogP contribution in [0.5, 0.6) is 0 Å². The van der Waals surface area contributed by atoms with Gasteiger partial charge in [0.25, 0.3) is 0 Å². The molecule has 4 rings (SSSR count). The fourth-order valence-electron chi connectivity index (χ4n) is 3.68. The third kappa shape index (κ3) is 7.82. The Balaban J connectivity index is 1.15. The molecule has 2 aromatic carbocycles. The lowest BCUT2D eigenvalue weighted by Crippen LogP contribution is -2.30. The molecule has 1 fully saturated rings. The monoisotopic (exact) mass is 450 g/mol. The summed E-state index contributed by atoms with van der Waals surface area (Å²) in [6.07, 6.45) is 1.19. The Bertz CT molecular complexity index is 999. The van der Waals surface area contributed by atoms with E-state index in [1.165, 1.54) is 0 Å². The minimum absolute atomic E-state index is 0.0611. The van der Waals surface area contributed by atoms with Crippen LogP contribution in [0.2, 0.25) is 0 Å². The standard InChI is InChI=1S/C26H30N2O5/c29-26(27-14-23-9-10-30-18-23)13-24-12-25(33-28-24)19-32-17-22-8-4-7-21(11-22)16-31-15-20-5-2-1-3-6-20/h1-8,11-12,23H,9-10,13-19H2,(H,27,29). The lowest BCUT2D eigenvalue weighted by molar-refractivity contribution is -0.120.